The monoisotopic (exact) mass is 357 g/mol. The van der Waals surface area contributed by atoms with Gasteiger partial charge in [0.15, 0.2) is 8.32 Å². The largest absolute Gasteiger partial charge is 0.415 e. The molecule has 6 heteroatoms. The number of imide groups is 1. The molecule has 0 aliphatic carbocycles. The summed E-state index contributed by atoms with van der Waals surface area (Å²) in [4.78, 5) is 23.7. The van der Waals surface area contributed by atoms with E-state index in [4.69, 9.17) is 9.16 Å². The minimum absolute atomic E-state index is 0.266. The Labute approximate surface area is 148 Å². The number of hydrogen-bond acceptors (Lipinski definition) is 4. The van der Waals surface area contributed by atoms with Crippen LogP contribution < -0.4 is 0 Å². The van der Waals surface area contributed by atoms with Crippen LogP contribution in [0.4, 0.5) is 0 Å². The van der Waals surface area contributed by atoms with Crippen LogP contribution in [0.3, 0.4) is 0 Å². The van der Waals surface area contributed by atoms with Gasteiger partial charge in [0, 0.05) is 12.2 Å². The van der Waals surface area contributed by atoms with Crippen molar-refractivity contribution in [3.8, 4) is 0 Å². The molecule has 0 aromatic heterocycles. The maximum Gasteiger partial charge on any atom is 0.253 e. The highest BCUT2D eigenvalue weighted by Crippen LogP contribution is 2.20. The van der Waals surface area contributed by atoms with E-state index in [-0.39, 0.29) is 11.8 Å². The lowest BCUT2D eigenvalue weighted by Crippen LogP contribution is -2.36. The minimum atomic E-state index is -1.60. The molecule has 140 valence electrons. The third-order valence-electron chi connectivity index (χ3n) is 3.45. The minimum Gasteiger partial charge on any atom is -0.415 e. The van der Waals surface area contributed by atoms with Crippen molar-refractivity contribution in [2.45, 2.75) is 60.2 Å². The van der Waals surface area contributed by atoms with E-state index in [0.29, 0.717) is 37.3 Å². The van der Waals surface area contributed by atoms with Crippen LogP contribution in [0.1, 0.15) is 41.5 Å². The molecule has 0 aromatic carbocycles. The maximum absolute atomic E-state index is 11.3. The third kappa shape index (κ3) is 10.7. The molecule has 24 heavy (non-hydrogen) atoms. The van der Waals surface area contributed by atoms with Gasteiger partial charge in [-0.3, -0.25) is 14.5 Å². The first-order valence-electron chi connectivity index (χ1n) is 8.60. The second-order valence-corrected chi connectivity index (χ2v) is 13.0. The molecule has 1 heterocycles. The summed E-state index contributed by atoms with van der Waals surface area (Å²) in [5.41, 5.74) is 1.07. The zero-order chi connectivity index (χ0) is 19.0. The van der Waals surface area contributed by atoms with Crippen LogP contribution in [-0.2, 0) is 18.8 Å². The fourth-order valence-corrected chi connectivity index (χ4v) is 2.38. The number of hydrogen-bond donors (Lipinski definition) is 0. The summed E-state index contributed by atoms with van der Waals surface area (Å²) in [5.74, 6) is -0.531. The van der Waals surface area contributed by atoms with Crippen LogP contribution in [0.2, 0.25) is 18.6 Å². The molecule has 0 saturated carbocycles. The predicted octanol–water partition coefficient (Wildman–Crippen LogP) is 3.61. The third-order valence-corrected chi connectivity index (χ3v) is 7.18. The molecule has 5 nitrogen and oxygen atoms in total. The molecule has 1 rings (SSSR count). The van der Waals surface area contributed by atoms with Gasteiger partial charge in [0.1, 0.15) is 0 Å². The summed E-state index contributed by atoms with van der Waals surface area (Å²) in [6.45, 7) is 19.2. The van der Waals surface area contributed by atoms with Gasteiger partial charge >= 0.3 is 0 Å². The van der Waals surface area contributed by atoms with Crippen molar-refractivity contribution in [1.82, 2.24) is 4.90 Å². The number of nitrogens with zero attached hydrogens (tertiary/aromatic N) is 1. The molecule has 0 radical (unpaired) electrons. The molecule has 0 unspecified atom stereocenters. The van der Waals surface area contributed by atoms with E-state index in [9.17, 15) is 9.59 Å². The molecule has 0 spiro atoms. The van der Waals surface area contributed by atoms with Crippen molar-refractivity contribution in [3.63, 3.8) is 0 Å². The molecule has 0 atom stereocenters. The summed E-state index contributed by atoms with van der Waals surface area (Å²) >= 11 is 0. The first-order chi connectivity index (χ1) is 10.8. The van der Waals surface area contributed by atoms with Gasteiger partial charge < -0.3 is 9.16 Å². The Morgan fingerprint density at radius 3 is 1.88 bits per heavy atom. The van der Waals surface area contributed by atoms with Crippen LogP contribution >= 0.6 is 0 Å². The van der Waals surface area contributed by atoms with E-state index in [1.165, 1.54) is 17.1 Å². The standard InChI is InChI=1S/C13H23NO4Si.C5H12/c1-11(2)19(3,4)18-10-9-17-8-7-14-12(15)5-6-13(14)16;1-5(2,3)4/h5-6,11H,7-10H2,1-4H3;1-4H3. The van der Waals surface area contributed by atoms with Crippen LogP contribution in [-0.4, -0.2) is 51.4 Å². The van der Waals surface area contributed by atoms with Crippen LogP contribution in [0.15, 0.2) is 12.2 Å². The highest BCUT2D eigenvalue weighted by Gasteiger charge is 2.26. The van der Waals surface area contributed by atoms with Crippen molar-refractivity contribution in [2.24, 2.45) is 5.41 Å². The Morgan fingerprint density at radius 1 is 1.00 bits per heavy atom. The Kier molecular flexibility index (Phi) is 9.69. The summed E-state index contributed by atoms with van der Waals surface area (Å²) < 4.78 is 11.2. The van der Waals surface area contributed by atoms with Gasteiger partial charge in [-0.05, 0) is 24.1 Å². The van der Waals surface area contributed by atoms with E-state index in [0.717, 1.165) is 0 Å². The van der Waals surface area contributed by atoms with E-state index in [2.05, 4.69) is 54.6 Å². The van der Waals surface area contributed by atoms with Crippen molar-refractivity contribution in [3.05, 3.63) is 12.2 Å². The Bertz CT molecular complexity index is 415. The lowest BCUT2D eigenvalue weighted by atomic mass is 10.0. The Hall–Kier alpha value is -0.983. The number of amides is 2. The average Bonchev–Trinajstić information content (AvgIpc) is 2.71. The van der Waals surface area contributed by atoms with Gasteiger partial charge in [-0.2, -0.15) is 0 Å². The van der Waals surface area contributed by atoms with Crippen LogP contribution in [0.5, 0.6) is 0 Å². The van der Waals surface area contributed by atoms with Gasteiger partial charge in [0.05, 0.1) is 26.4 Å². The van der Waals surface area contributed by atoms with Crippen molar-refractivity contribution < 1.29 is 18.8 Å². The topological polar surface area (TPSA) is 55.8 Å². The number of carbonyl (C=O) groups is 2. The van der Waals surface area contributed by atoms with Gasteiger partial charge in [-0.25, -0.2) is 0 Å². The van der Waals surface area contributed by atoms with Crippen LogP contribution in [0.25, 0.3) is 0 Å². The molecule has 0 fully saturated rings. The zero-order valence-electron chi connectivity index (χ0n) is 16.6. The summed E-state index contributed by atoms with van der Waals surface area (Å²) in [7, 11) is -1.60. The van der Waals surface area contributed by atoms with Gasteiger partial charge in [0.25, 0.3) is 11.8 Å². The lowest BCUT2D eigenvalue weighted by Gasteiger charge is -2.26. The molecule has 2 amide bonds. The highest BCUT2D eigenvalue weighted by atomic mass is 28.4. The second kappa shape index (κ2) is 10.1. The normalized spacial score (nSPS) is 15.1. The van der Waals surface area contributed by atoms with E-state index < -0.39 is 8.32 Å². The number of rotatable bonds is 8. The molecule has 0 bridgehead atoms. The number of carbonyl (C=O) groups excluding carboxylic acids is 2. The SMILES string of the molecule is CC(C)(C)C.CC(C)[Si](C)(C)OCCOCCN1C(=O)C=CC1=O. The first kappa shape index (κ1) is 23.0. The molecule has 0 aromatic rings. The van der Waals surface area contributed by atoms with Crippen molar-refractivity contribution in [1.29, 1.82) is 0 Å². The van der Waals surface area contributed by atoms with Crippen molar-refractivity contribution >= 4 is 20.1 Å². The summed E-state index contributed by atoms with van der Waals surface area (Å²) in [5, 5.41) is 0. The Balaban J connectivity index is 0.000000922. The second-order valence-electron chi connectivity index (χ2n) is 8.38. The molecular formula is C18H35NO4Si. The van der Waals surface area contributed by atoms with E-state index >= 15 is 0 Å². The maximum atomic E-state index is 11.3. The lowest BCUT2D eigenvalue weighted by molar-refractivity contribution is -0.137. The van der Waals surface area contributed by atoms with E-state index in [1.807, 2.05) is 0 Å². The number of ether oxygens (including phenoxy) is 1. The molecular weight excluding hydrogens is 322 g/mol. The molecule has 0 saturated heterocycles. The summed E-state index contributed by atoms with van der Waals surface area (Å²) in [6.07, 6.45) is 2.56. The molecule has 1 aliphatic rings. The fourth-order valence-electron chi connectivity index (χ4n) is 1.44. The smallest absolute Gasteiger partial charge is 0.253 e. The quantitative estimate of drug-likeness (QED) is 0.378. The van der Waals surface area contributed by atoms with Crippen LogP contribution in [0, 0.1) is 5.41 Å². The predicted molar refractivity (Wildman–Crippen MR) is 100 cm³/mol. The Morgan fingerprint density at radius 2 is 1.46 bits per heavy atom. The molecule has 1 aliphatic heterocycles. The average molecular weight is 358 g/mol. The van der Waals surface area contributed by atoms with Crippen molar-refractivity contribution in [2.75, 3.05) is 26.4 Å². The molecule has 0 N–H and O–H groups in total. The fraction of sp³-hybridized carbons (Fsp3) is 0.778. The van der Waals surface area contributed by atoms with Gasteiger partial charge in [0.2, 0.25) is 0 Å². The zero-order valence-corrected chi connectivity index (χ0v) is 17.6. The summed E-state index contributed by atoms with van der Waals surface area (Å²) in [6, 6.07) is 0. The van der Waals surface area contributed by atoms with E-state index in [1.54, 1.807) is 0 Å². The van der Waals surface area contributed by atoms with Gasteiger partial charge in [-0.15, -0.1) is 0 Å². The first-order valence-corrected chi connectivity index (χ1v) is 11.6. The van der Waals surface area contributed by atoms with Gasteiger partial charge in [-0.1, -0.05) is 41.5 Å². The highest BCUT2D eigenvalue weighted by molar-refractivity contribution is 6.72.